The Morgan fingerprint density at radius 3 is 2.55 bits per heavy atom. The Kier molecular flexibility index (Phi) is 5.37. The van der Waals surface area contributed by atoms with Crippen LogP contribution in [0.5, 0.6) is 0 Å². The highest BCUT2D eigenvalue weighted by molar-refractivity contribution is 6.03. The van der Waals surface area contributed by atoms with Crippen molar-refractivity contribution in [2.24, 2.45) is 0 Å². The minimum atomic E-state index is -0.383. The molecule has 1 aromatic heterocycles. The zero-order chi connectivity index (χ0) is 16.3. The summed E-state index contributed by atoms with van der Waals surface area (Å²) in [5.74, 6) is -0.384. The smallest absolute Gasteiger partial charge is 0.340 e. The first-order valence-corrected chi connectivity index (χ1v) is 7.69. The molecule has 1 aliphatic heterocycles. The molecule has 1 aliphatic rings. The molecule has 1 atom stereocenters. The van der Waals surface area contributed by atoms with Crippen LogP contribution in [0.15, 0.2) is 0 Å². The molecule has 1 unspecified atom stereocenters. The second kappa shape index (κ2) is 7.07. The van der Waals surface area contributed by atoms with E-state index < -0.39 is 0 Å². The summed E-state index contributed by atoms with van der Waals surface area (Å²) in [4.78, 5) is 29.9. The molecule has 0 saturated carbocycles. The third kappa shape index (κ3) is 3.23. The number of Topliss-reactive ketones (excluding diaryl/α,β-unsaturated/α-hetero) is 1. The number of morpholine rings is 1. The summed E-state index contributed by atoms with van der Waals surface area (Å²) >= 11 is 0. The van der Waals surface area contributed by atoms with E-state index in [-0.39, 0.29) is 17.8 Å². The summed E-state index contributed by atoms with van der Waals surface area (Å²) in [7, 11) is 0. The fourth-order valence-electron chi connectivity index (χ4n) is 2.85. The van der Waals surface area contributed by atoms with Crippen molar-refractivity contribution in [2.75, 3.05) is 32.9 Å². The number of aryl methyl sites for hydroxylation is 1. The Balaban J connectivity index is 2.23. The van der Waals surface area contributed by atoms with Crippen LogP contribution in [0, 0.1) is 13.8 Å². The molecule has 0 aromatic carbocycles. The van der Waals surface area contributed by atoms with Crippen LogP contribution < -0.4 is 0 Å². The summed E-state index contributed by atoms with van der Waals surface area (Å²) in [6.45, 7) is 10.3. The lowest BCUT2D eigenvalue weighted by Crippen LogP contribution is -2.46. The molecule has 0 spiro atoms. The number of esters is 1. The molecule has 0 radical (unpaired) electrons. The largest absolute Gasteiger partial charge is 0.462 e. The molecule has 1 saturated heterocycles. The van der Waals surface area contributed by atoms with Gasteiger partial charge in [-0.2, -0.15) is 0 Å². The van der Waals surface area contributed by atoms with E-state index in [1.807, 2.05) is 6.92 Å². The molecule has 1 N–H and O–H groups in total. The molecule has 2 rings (SSSR count). The molecule has 122 valence electrons. The number of carbonyl (C=O) groups is 2. The fraction of sp³-hybridized carbons (Fsp3) is 0.625. The van der Waals surface area contributed by atoms with E-state index in [0.29, 0.717) is 42.3 Å². The van der Waals surface area contributed by atoms with Gasteiger partial charge in [-0.1, -0.05) is 0 Å². The molecular formula is C16H24N2O4. The van der Waals surface area contributed by atoms with E-state index in [0.717, 1.165) is 13.1 Å². The van der Waals surface area contributed by atoms with Gasteiger partial charge in [0.25, 0.3) is 0 Å². The van der Waals surface area contributed by atoms with E-state index in [1.54, 1.807) is 20.8 Å². The predicted octanol–water partition coefficient (Wildman–Crippen LogP) is 1.71. The zero-order valence-corrected chi connectivity index (χ0v) is 13.7. The van der Waals surface area contributed by atoms with Crippen molar-refractivity contribution >= 4 is 11.8 Å². The van der Waals surface area contributed by atoms with E-state index in [1.165, 1.54) is 0 Å². The van der Waals surface area contributed by atoms with E-state index in [9.17, 15) is 9.59 Å². The van der Waals surface area contributed by atoms with Crippen molar-refractivity contribution in [3.8, 4) is 0 Å². The van der Waals surface area contributed by atoms with Gasteiger partial charge in [-0.15, -0.1) is 0 Å². The Bertz CT molecular complexity index is 559. The summed E-state index contributed by atoms with van der Waals surface area (Å²) in [5, 5.41) is 0. The maximum Gasteiger partial charge on any atom is 0.340 e. The highest BCUT2D eigenvalue weighted by atomic mass is 16.5. The number of aromatic nitrogens is 1. The van der Waals surface area contributed by atoms with Crippen molar-refractivity contribution in [1.29, 1.82) is 0 Å². The van der Waals surface area contributed by atoms with Gasteiger partial charge in [-0.25, -0.2) is 4.79 Å². The normalized spacial score (nSPS) is 17.3. The van der Waals surface area contributed by atoms with Gasteiger partial charge in [0.05, 0.1) is 37.1 Å². The number of nitrogens with zero attached hydrogens (tertiary/aromatic N) is 1. The van der Waals surface area contributed by atoms with Crippen LogP contribution in [-0.2, 0) is 9.47 Å². The number of ether oxygens (including phenoxy) is 2. The molecule has 0 bridgehead atoms. The number of hydrogen-bond acceptors (Lipinski definition) is 5. The number of nitrogens with one attached hydrogen (secondary N) is 1. The van der Waals surface area contributed by atoms with E-state index in [4.69, 9.17) is 9.47 Å². The van der Waals surface area contributed by atoms with Gasteiger partial charge in [-0.3, -0.25) is 9.69 Å². The van der Waals surface area contributed by atoms with Crippen LogP contribution in [0.2, 0.25) is 0 Å². The van der Waals surface area contributed by atoms with Crippen LogP contribution in [0.4, 0.5) is 0 Å². The van der Waals surface area contributed by atoms with Gasteiger partial charge in [0.2, 0.25) is 0 Å². The van der Waals surface area contributed by atoms with Crippen molar-refractivity contribution in [3.63, 3.8) is 0 Å². The van der Waals surface area contributed by atoms with Gasteiger partial charge in [0.1, 0.15) is 0 Å². The first-order chi connectivity index (χ1) is 10.5. The van der Waals surface area contributed by atoms with Crippen molar-refractivity contribution in [1.82, 2.24) is 9.88 Å². The predicted molar refractivity (Wildman–Crippen MR) is 82.4 cm³/mol. The van der Waals surface area contributed by atoms with Crippen LogP contribution in [0.1, 0.15) is 46.0 Å². The summed E-state index contributed by atoms with van der Waals surface area (Å²) in [6, 6.07) is -0.240. The molecule has 22 heavy (non-hydrogen) atoms. The van der Waals surface area contributed by atoms with Gasteiger partial charge >= 0.3 is 5.97 Å². The first kappa shape index (κ1) is 16.7. The lowest BCUT2D eigenvalue weighted by atomic mass is 10.0. The van der Waals surface area contributed by atoms with Crippen LogP contribution in [0.25, 0.3) is 0 Å². The second-order valence-electron chi connectivity index (χ2n) is 5.53. The third-order valence-corrected chi connectivity index (χ3v) is 4.14. The maximum absolute atomic E-state index is 12.7. The minimum absolute atomic E-state index is 0.00181. The molecule has 6 heteroatoms. The monoisotopic (exact) mass is 308 g/mol. The number of H-pyrrole nitrogens is 1. The Hall–Kier alpha value is -1.66. The van der Waals surface area contributed by atoms with Crippen LogP contribution in [0.3, 0.4) is 0 Å². The number of ketones is 1. The zero-order valence-electron chi connectivity index (χ0n) is 13.7. The fourth-order valence-corrected chi connectivity index (χ4v) is 2.85. The highest BCUT2D eigenvalue weighted by Crippen LogP contribution is 2.21. The number of rotatable bonds is 5. The summed E-state index contributed by atoms with van der Waals surface area (Å²) < 4.78 is 10.4. The molecule has 2 heterocycles. The molecular weight excluding hydrogens is 284 g/mol. The quantitative estimate of drug-likeness (QED) is 0.662. The SMILES string of the molecule is CCOC(=O)c1c(C)[nH]c(C(=O)C(C)N2CCOCC2)c1C. The average Bonchev–Trinajstić information content (AvgIpc) is 2.81. The Labute approximate surface area is 130 Å². The number of carbonyl (C=O) groups excluding carboxylic acids is 2. The van der Waals surface area contributed by atoms with Crippen molar-refractivity contribution in [2.45, 2.75) is 33.7 Å². The van der Waals surface area contributed by atoms with Crippen LogP contribution in [-0.4, -0.2) is 60.6 Å². The molecule has 1 aromatic rings. The standard InChI is InChI=1S/C16H24N2O4/c1-5-22-16(20)13-10(2)14(17-11(13)3)15(19)12(4)18-6-8-21-9-7-18/h12,17H,5-9H2,1-4H3. The first-order valence-electron chi connectivity index (χ1n) is 7.69. The van der Waals surface area contributed by atoms with Crippen molar-refractivity contribution < 1.29 is 19.1 Å². The topological polar surface area (TPSA) is 71.6 Å². The van der Waals surface area contributed by atoms with E-state index >= 15 is 0 Å². The number of hydrogen-bond donors (Lipinski definition) is 1. The Morgan fingerprint density at radius 1 is 1.32 bits per heavy atom. The minimum Gasteiger partial charge on any atom is -0.462 e. The molecule has 0 aliphatic carbocycles. The summed E-state index contributed by atoms with van der Waals surface area (Å²) in [6.07, 6.45) is 0. The van der Waals surface area contributed by atoms with Gasteiger partial charge in [-0.05, 0) is 33.3 Å². The van der Waals surface area contributed by atoms with Gasteiger partial charge in [0, 0.05) is 18.8 Å². The molecule has 1 fully saturated rings. The lowest BCUT2D eigenvalue weighted by Gasteiger charge is -2.31. The lowest BCUT2D eigenvalue weighted by molar-refractivity contribution is 0.0207. The third-order valence-electron chi connectivity index (χ3n) is 4.14. The molecule has 0 amide bonds. The Morgan fingerprint density at radius 2 is 1.95 bits per heavy atom. The van der Waals surface area contributed by atoms with Gasteiger partial charge < -0.3 is 14.5 Å². The molecule has 6 nitrogen and oxygen atoms in total. The summed E-state index contributed by atoms with van der Waals surface area (Å²) in [5.41, 5.74) is 2.31. The second-order valence-corrected chi connectivity index (χ2v) is 5.53. The van der Waals surface area contributed by atoms with E-state index in [2.05, 4.69) is 9.88 Å². The maximum atomic E-state index is 12.7. The van der Waals surface area contributed by atoms with Gasteiger partial charge in [0.15, 0.2) is 5.78 Å². The average molecular weight is 308 g/mol. The highest BCUT2D eigenvalue weighted by Gasteiger charge is 2.29. The van der Waals surface area contributed by atoms with Crippen LogP contribution >= 0.6 is 0 Å². The van der Waals surface area contributed by atoms with Crippen molar-refractivity contribution in [3.05, 3.63) is 22.5 Å². The number of aromatic amines is 1.